The summed E-state index contributed by atoms with van der Waals surface area (Å²) in [6, 6.07) is 6.69. The van der Waals surface area contributed by atoms with Crippen LogP contribution in [0.1, 0.15) is 16.8 Å². The van der Waals surface area contributed by atoms with Crippen molar-refractivity contribution in [2.45, 2.75) is 6.42 Å². The van der Waals surface area contributed by atoms with Gasteiger partial charge < -0.3 is 4.74 Å². The van der Waals surface area contributed by atoms with Gasteiger partial charge in [0.15, 0.2) is 12.4 Å². The molecule has 0 unspecified atom stereocenters. The van der Waals surface area contributed by atoms with Crippen molar-refractivity contribution < 1.29 is 23.9 Å². The standard InChI is InChI=1S/C19H16BrNO5/c20-13-5-3-10(4-6-13)14(22)9-26-15(23)8-21-18(24)16-11-1-2-12(7-11)17(16)19(21)25/h1-6,11-12,16-17H,7-9H2/t11-,12+,16-,17-/m0/s1. The second kappa shape index (κ2) is 6.46. The molecule has 7 heteroatoms. The van der Waals surface area contributed by atoms with Gasteiger partial charge in [0.25, 0.3) is 0 Å². The first-order valence-electron chi connectivity index (χ1n) is 8.43. The Morgan fingerprint density at radius 3 is 2.19 bits per heavy atom. The Labute approximate surface area is 158 Å². The van der Waals surface area contributed by atoms with E-state index in [0.29, 0.717) is 5.56 Å². The Morgan fingerprint density at radius 2 is 1.62 bits per heavy atom. The minimum atomic E-state index is -0.752. The highest BCUT2D eigenvalue weighted by Crippen LogP contribution is 2.52. The fourth-order valence-electron chi connectivity index (χ4n) is 4.16. The predicted octanol–water partition coefficient (Wildman–Crippen LogP) is 1.98. The molecule has 0 N–H and O–H groups in total. The first-order valence-corrected chi connectivity index (χ1v) is 9.23. The number of amides is 2. The molecule has 0 aromatic heterocycles. The fraction of sp³-hybridized carbons (Fsp3) is 0.368. The maximum absolute atomic E-state index is 12.5. The molecule has 4 rings (SSSR count). The summed E-state index contributed by atoms with van der Waals surface area (Å²) in [4.78, 5) is 50.1. The van der Waals surface area contributed by atoms with Gasteiger partial charge in [0.1, 0.15) is 6.54 Å². The molecule has 2 amide bonds. The number of hydrogen-bond acceptors (Lipinski definition) is 5. The van der Waals surface area contributed by atoms with E-state index in [1.54, 1.807) is 24.3 Å². The van der Waals surface area contributed by atoms with Gasteiger partial charge in [-0.25, -0.2) is 0 Å². The average molecular weight is 418 g/mol. The van der Waals surface area contributed by atoms with Gasteiger partial charge in [0, 0.05) is 10.0 Å². The number of carbonyl (C=O) groups is 4. The van der Waals surface area contributed by atoms with Gasteiger partial charge in [-0.15, -0.1) is 0 Å². The van der Waals surface area contributed by atoms with Crippen LogP contribution in [0.15, 0.2) is 40.9 Å². The first-order chi connectivity index (χ1) is 12.5. The van der Waals surface area contributed by atoms with Crippen molar-refractivity contribution >= 4 is 39.5 Å². The van der Waals surface area contributed by atoms with E-state index in [1.807, 2.05) is 12.2 Å². The number of esters is 1. The van der Waals surface area contributed by atoms with Crippen molar-refractivity contribution in [3.8, 4) is 0 Å². The van der Waals surface area contributed by atoms with Gasteiger partial charge in [-0.05, 0) is 30.4 Å². The lowest BCUT2D eigenvalue weighted by Crippen LogP contribution is -2.38. The van der Waals surface area contributed by atoms with Crippen molar-refractivity contribution in [1.29, 1.82) is 0 Å². The molecule has 2 fully saturated rings. The number of ketones is 1. The van der Waals surface area contributed by atoms with Crippen LogP contribution in [0.4, 0.5) is 0 Å². The van der Waals surface area contributed by atoms with Crippen molar-refractivity contribution in [3.05, 3.63) is 46.5 Å². The lowest BCUT2D eigenvalue weighted by molar-refractivity contribution is -0.152. The molecule has 1 heterocycles. The summed E-state index contributed by atoms with van der Waals surface area (Å²) in [5, 5.41) is 0. The van der Waals surface area contributed by atoms with Crippen LogP contribution in [0.3, 0.4) is 0 Å². The molecule has 2 aliphatic carbocycles. The summed E-state index contributed by atoms with van der Waals surface area (Å²) in [5.41, 5.74) is 0.423. The van der Waals surface area contributed by atoms with Gasteiger partial charge in [-0.2, -0.15) is 0 Å². The van der Waals surface area contributed by atoms with E-state index >= 15 is 0 Å². The van der Waals surface area contributed by atoms with Crippen molar-refractivity contribution in [2.75, 3.05) is 13.2 Å². The molecule has 1 saturated carbocycles. The van der Waals surface area contributed by atoms with Crippen LogP contribution in [-0.4, -0.2) is 41.6 Å². The molecule has 1 saturated heterocycles. The maximum atomic E-state index is 12.5. The van der Waals surface area contributed by atoms with Crippen molar-refractivity contribution in [1.82, 2.24) is 4.90 Å². The smallest absolute Gasteiger partial charge is 0.326 e. The third-order valence-electron chi connectivity index (χ3n) is 5.38. The minimum absolute atomic E-state index is 0.0986. The van der Waals surface area contributed by atoms with Crippen molar-refractivity contribution in [2.24, 2.45) is 23.7 Å². The van der Waals surface area contributed by atoms with E-state index in [1.165, 1.54) is 0 Å². The summed E-state index contributed by atoms with van der Waals surface area (Å²) in [6.45, 7) is -0.853. The number of benzene rings is 1. The van der Waals surface area contributed by atoms with Crippen LogP contribution in [-0.2, 0) is 19.1 Å². The van der Waals surface area contributed by atoms with Crippen molar-refractivity contribution in [3.63, 3.8) is 0 Å². The second-order valence-electron chi connectivity index (χ2n) is 6.85. The minimum Gasteiger partial charge on any atom is -0.456 e. The van der Waals surface area contributed by atoms with Crippen LogP contribution in [0, 0.1) is 23.7 Å². The molecule has 0 spiro atoms. The van der Waals surface area contributed by atoms with E-state index in [4.69, 9.17) is 4.74 Å². The summed E-state index contributed by atoms with van der Waals surface area (Å²) >= 11 is 3.28. The normalized spacial score (nSPS) is 28.6. The van der Waals surface area contributed by atoms with Crippen LogP contribution in [0.5, 0.6) is 0 Å². The molecule has 4 atom stereocenters. The number of halogens is 1. The summed E-state index contributed by atoms with van der Waals surface area (Å²) in [5.74, 6) is -2.17. The summed E-state index contributed by atoms with van der Waals surface area (Å²) in [6.07, 6.45) is 4.83. The topological polar surface area (TPSA) is 80.8 Å². The Balaban J connectivity index is 1.34. The van der Waals surface area contributed by atoms with Gasteiger partial charge in [0.2, 0.25) is 11.8 Å². The number of rotatable bonds is 5. The van der Waals surface area contributed by atoms with E-state index in [0.717, 1.165) is 15.8 Å². The fourth-order valence-corrected chi connectivity index (χ4v) is 4.42. The molecule has 1 aromatic carbocycles. The highest BCUT2D eigenvalue weighted by Gasteiger charge is 2.59. The number of hydrogen-bond donors (Lipinski definition) is 0. The largest absolute Gasteiger partial charge is 0.456 e. The summed E-state index contributed by atoms with van der Waals surface area (Å²) in [7, 11) is 0. The zero-order valence-corrected chi connectivity index (χ0v) is 15.3. The molecule has 3 aliphatic rings. The molecule has 0 radical (unpaired) electrons. The molecule has 2 bridgehead atoms. The van der Waals surface area contributed by atoms with Crippen LogP contribution >= 0.6 is 15.9 Å². The number of ether oxygens (including phenoxy) is 1. The van der Waals surface area contributed by atoms with Crippen LogP contribution in [0.25, 0.3) is 0 Å². The summed E-state index contributed by atoms with van der Waals surface area (Å²) < 4.78 is 5.82. The number of imide groups is 1. The van der Waals surface area contributed by atoms with Crippen LogP contribution < -0.4 is 0 Å². The molecule has 1 aromatic rings. The molecule has 6 nitrogen and oxygen atoms in total. The highest BCUT2D eigenvalue weighted by molar-refractivity contribution is 9.10. The number of allylic oxidation sites excluding steroid dienone is 2. The molecule has 134 valence electrons. The maximum Gasteiger partial charge on any atom is 0.326 e. The van der Waals surface area contributed by atoms with E-state index in [9.17, 15) is 19.2 Å². The lowest BCUT2D eigenvalue weighted by Gasteiger charge is -2.16. The zero-order valence-electron chi connectivity index (χ0n) is 13.8. The third-order valence-corrected chi connectivity index (χ3v) is 5.91. The molecular formula is C19H16BrNO5. The number of fused-ring (bicyclic) bond motifs is 5. The number of nitrogens with zero attached hydrogens (tertiary/aromatic N) is 1. The Bertz CT molecular complexity index is 801. The average Bonchev–Trinajstić information content (AvgIpc) is 3.30. The quantitative estimate of drug-likeness (QED) is 0.316. The Kier molecular flexibility index (Phi) is 4.26. The van der Waals surface area contributed by atoms with Gasteiger partial charge in [0.05, 0.1) is 11.8 Å². The molecule has 26 heavy (non-hydrogen) atoms. The van der Waals surface area contributed by atoms with Gasteiger partial charge in [-0.1, -0.05) is 40.2 Å². The SMILES string of the molecule is O=C(CN1C(=O)[C@@H]2[C@@H](C1=O)[C@H]1C=C[C@@H]2C1)OCC(=O)c1ccc(Br)cc1. The van der Waals surface area contributed by atoms with E-state index in [2.05, 4.69) is 15.9 Å². The first kappa shape index (κ1) is 17.1. The number of carbonyl (C=O) groups excluding carboxylic acids is 4. The predicted molar refractivity (Wildman–Crippen MR) is 93.9 cm³/mol. The van der Waals surface area contributed by atoms with E-state index < -0.39 is 19.1 Å². The van der Waals surface area contributed by atoms with Gasteiger partial charge in [-0.3, -0.25) is 24.1 Å². The highest BCUT2D eigenvalue weighted by atomic mass is 79.9. The van der Waals surface area contributed by atoms with Gasteiger partial charge >= 0.3 is 5.97 Å². The second-order valence-corrected chi connectivity index (χ2v) is 7.77. The monoisotopic (exact) mass is 417 g/mol. The Morgan fingerprint density at radius 1 is 1.04 bits per heavy atom. The zero-order chi connectivity index (χ0) is 18.4. The lowest BCUT2D eigenvalue weighted by atomic mass is 9.85. The Hall–Kier alpha value is -2.28. The number of likely N-dealkylation sites (tertiary alicyclic amines) is 1. The molecule has 1 aliphatic heterocycles. The van der Waals surface area contributed by atoms with E-state index in [-0.39, 0.29) is 41.3 Å². The van der Waals surface area contributed by atoms with Crippen LogP contribution in [0.2, 0.25) is 0 Å². The molecular weight excluding hydrogens is 402 g/mol. The third kappa shape index (κ3) is 2.80. The number of Topliss-reactive ketones (excluding diaryl/α,β-unsaturated/α-hetero) is 1.